The molecule has 0 bridgehead atoms. The van der Waals surface area contributed by atoms with E-state index in [2.05, 4.69) is 5.32 Å². The van der Waals surface area contributed by atoms with Gasteiger partial charge in [-0.3, -0.25) is 4.79 Å². The zero-order valence-electron chi connectivity index (χ0n) is 8.98. The van der Waals surface area contributed by atoms with E-state index >= 15 is 0 Å². The van der Waals surface area contributed by atoms with Crippen LogP contribution >= 0.6 is 0 Å². The summed E-state index contributed by atoms with van der Waals surface area (Å²) in [5, 5.41) is 11.4. The fourth-order valence-electron chi connectivity index (χ4n) is 1.49. The number of sulfone groups is 1. The van der Waals surface area contributed by atoms with Gasteiger partial charge in [-0.25, -0.2) is 8.42 Å². The van der Waals surface area contributed by atoms with E-state index in [0.717, 1.165) is 13.1 Å². The van der Waals surface area contributed by atoms with Gasteiger partial charge in [-0.1, -0.05) is 0 Å². The molecule has 0 radical (unpaired) electrons. The van der Waals surface area contributed by atoms with Crippen LogP contribution < -0.4 is 5.32 Å². The fraction of sp³-hybridized carbons (Fsp3) is 0.778. The molecule has 16 heavy (non-hydrogen) atoms. The Morgan fingerprint density at radius 3 is 2.56 bits per heavy atom. The van der Waals surface area contributed by atoms with Gasteiger partial charge in [0, 0.05) is 32.6 Å². The minimum atomic E-state index is -3.39. The number of nitriles is 1. The molecule has 0 aromatic heterocycles. The van der Waals surface area contributed by atoms with Crippen LogP contribution in [0, 0.1) is 11.3 Å². The summed E-state index contributed by atoms with van der Waals surface area (Å²) in [6.07, 6.45) is -0.0238. The molecule has 0 aromatic rings. The van der Waals surface area contributed by atoms with E-state index in [9.17, 15) is 13.2 Å². The minimum absolute atomic E-state index is 0.0238. The van der Waals surface area contributed by atoms with Crippen LogP contribution in [0.25, 0.3) is 0 Å². The third-order valence-corrected chi connectivity index (χ3v) is 3.78. The molecule has 0 atom stereocenters. The van der Waals surface area contributed by atoms with Crippen LogP contribution in [0.1, 0.15) is 6.42 Å². The zero-order chi connectivity index (χ0) is 12.0. The molecule has 1 heterocycles. The van der Waals surface area contributed by atoms with Gasteiger partial charge in [-0.05, 0) is 0 Å². The molecule has 0 spiro atoms. The van der Waals surface area contributed by atoms with Crippen LogP contribution in [0.2, 0.25) is 0 Å². The lowest BCUT2D eigenvalue weighted by Crippen LogP contribution is -2.46. The SMILES string of the molecule is N#CCS(=O)(=O)CCC(=O)N1CCNCC1. The molecule has 0 aliphatic carbocycles. The van der Waals surface area contributed by atoms with Crippen molar-refractivity contribution in [2.45, 2.75) is 6.42 Å². The Morgan fingerprint density at radius 2 is 2.00 bits per heavy atom. The topological polar surface area (TPSA) is 90.3 Å². The molecule has 0 unspecified atom stereocenters. The molecule has 7 heteroatoms. The third kappa shape index (κ3) is 4.16. The first-order chi connectivity index (χ1) is 7.55. The van der Waals surface area contributed by atoms with Crippen molar-refractivity contribution in [2.75, 3.05) is 37.7 Å². The van der Waals surface area contributed by atoms with Gasteiger partial charge >= 0.3 is 0 Å². The van der Waals surface area contributed by atoms with E-state index < -0.39 is 15.6 Å². The van der Waals surface area contributed by atoms with Crippen molar-refractivity contribution in [1.82, 2.24) is 10.2 Å². The van der Waals surface area contributed by atoms with Gasteiger partial charge in [0.05, 0.1) is 11.8 Å². The van der Waals surface area contributed by atoms with E-state index in [1.165, 1.54) is 0 Å². The van der Waals surface area contributed by atoms with E-state index in [1.807, 2.05) is 0 Å². The monoisotopic (exact) mass is 245 g/mol. The highest BCUT2D eigenvalue weighted by Gasteiger charge is 2.19. The molecule has 6 nitrogen and oxygen atoms in total. The Balaban J connectivity index is 2.37. The molecule has 1 saturated heterocycles. The maximum atomic E-state index is 11.6. The van der Waals surface area contributed by atoms with Gasteiger partial charge in [0.1, 0.15) is 5.75 Å². The molecule has 1 aliphatic heterocycles. The second-order valence-electron chi connectivity index (χ2n) is 3.63. The first kappa shape index (κ1) is 12.9. The number of nitrogens with zero attached hydrogens (tertiary/aromatic N) is 2. The number of rotatable bonds is 4. The summed E-state index contributed by atoms with van der Waals surface area (Å²) < 4.78 is 22.4. The predicted octanol–water partition coefficient (Wildman–Crippen LogP) is -1.25. The fourth-order valence-corrected chi connectivity index (χ4v) is 2.31. The molecule has 1 amide bonds. The van der Waals surface area contributed by atoms with Crippen molar-refractivity contribution < 1.29 is 13.2 Å². The lowest BCUT2D eigenvalue weighted by atomic mass is 10.3. The summed E-state index contributed by atoms with van der Waals surface area (Å²) in [6.45, 7) is 2.74. The lowest BCUT2D eigenvalue weighted by molar-refractivity contribution is -0.131. The summed E-state index contributed by atoms with van der Waals surface area (Å²) in [4.78, 5) is 13.3. The van der Waals surface area contributed by atoms with Crippen LogP contribution in [-0.4, -0.2) is 56.9 Å². The Labute approximate surface area is 95.1 Å². The van der Waals surface area contributed by atoms with Crippen LogP contribution in [0.4, 0.5) is 0 Å². The smallest absolute Gasteiger partial charge is 0.223 e. The number of carbonyl (C=O) groups excluding carboxylic acids is 1. The summed E-state index contributed by atoms with van der Waals surface area (Å²) >= 11 is 0. The van der Waals surface area contributed by atoms with Gasteiger partial charge in [0.25, 0.3) is 0 Å². The molecular formula is C9H15N3O3S. The second kappa shape index (κ2) is 5.82. The van der Waals surface area contributed by atoms with Gasteiger partial charge in [0.2, 0.25) is 5.91 Å². The van der Waals surface area contributed by atoms with Gasteiger partial charge in [0.15, 0.2) is 9.84 Å². The molecule has 90 valence electrons. The highest BCUT2D eigenvalue weighted by Crippen LogP contribution is 2.00. The molecule has 0 saturated carbocycles. The van der Waals surface area contributed by atoms with Crippen LogP contribution in [0.5, 0.6) is 0 Å². The Bertz CT molecular complexity index is 379. The number of amides is 1. The summed E-state index contributed by atoms with van der Waals surface area (Å²) in [5.41, 5.74) is 0. The lowest BCUT2D eigenvalue weighted by Gasteiger charge is -2.27. The molecule has 1 aliphatic rings. The third-order valence-electron chi connectivity index (χ3n) is 2.38. The summed E-state index contributed by atoms with van der Waals surface area (Å²) in [7, 11) is -3.39. The average Bonchev–Trinajstić information content (AvgIpc) is 2.27. The van der Waals surface area contributed by atoms with E-state index in [1.54, 1.807) is 11.0 Å². The number of hydrogen-bond acceptors (Lipinski definition) is 5. The normalized spacial score (nSPS) is 16.8. The number of carbonyl (C=O) groups is 1. The number of nitrogens with one attached hydrogen (secondary N) is 1. The van der Waals surface area contributed by atoms with Gasteiger partial charge in [-0.2, -0.15) is 5.26 Å². The minimum Gasteiger partial charge on any atom is -0.340 e. The van der Waals surface area contributed by atoms with E-state index in [0.29, 0.717) is 13.1 Å². The van der Waals surface area contributed by atoms with Crippen LogP contribution in [0.15, 0.2) is 0 Å². The number of piperazine rings is 1. The molecule has 1 rings (SSSR count). The summed E-state index contributed by atoms with van der Waals surface area (Å²) in [5.74, 6) is -0.895. The van der Waals surface area contributed by atoms with Crippen molar-refractivity contribution in [3.8, 4) is 6.07 Å². The van der Waals surface area contributed by atoms with E-state index in [4.69, 9.17) is 5.26 Å². The van der Waals surface area contributed by atoms with Crippen molar-refractivity contribution >= 4 is 15.7 Å². The predicted molar refractivity (Wildman–Crippen MR) is 58.3 cm³/mol. The average molecular weight is 245 g/mol. The largest absolute Gasteiger partial charge is 0.340 e. The Hall–Kier alpha value is -1.13. The van der Waals surface area contributed by atoms with Crippen molar-refractivity contribution in [3.63, 3.8) is 0 Å². The highest BCUT2D eigenvalue weighted by atomic mass is 32.2. The standard InChI is InChI=1S/C9H15N3O3S/c10-2-8-16(14,15)7-1-9(13)12-5-3-11-4-6-12/h11H,1,3-8H2. The maximum absolute atomic E-state index is 11.6. The van der Waals surface area contributed by atoms with Crippen molar-refractivity contribution in [2.24, 2.45) is 0 Å². The van der Waals surface area contributed by atoms with Gasteiger partial charge in [-0.15, -0.1) is 0 Å². The Kier molecular flexibility index (Phi) is 4.71. The highest BCUT2D eigenvalue weighted by molar-refractivity contribution is 7.91. The molecule has 1 N–H and O–H groups in total. The number of hydrogen-bond donors (Lipinski definition) is 1. The molecule has 1 fully saturated rings. The second-order valence-corrected chi connectivity index (χ2v) is 5.81. The quantitative estimate of drug-likeness (QED) is 0.668. The van der Waals surface area contributed by atoms with Crippen molar-refractivity contribution in [1.29, 1.82) is 5.26 Å². The van der Waals surface area contributed by atoms with Crippen LogP contribution in [0.3, 0.4) is 0 Å². The first-order valence-electron chi connectivity index (χ1n) is 5.11. The Morgan fingerprint density at radius 1 is 1.38 bits per heavy atom. The first-order valence-corrected chi connectivity index (χ1v) is 6.93. The van der Waals surface area contributed by atoms with E-state index in [-0.39, 0.29) is 18.1 Å². The van der Waals surface area contributed by atoms with Crippen LogP contribution in [-0.2, 0) is 14.6 Å². The molecular weight excluding hydrogens is 230 g/mol. The van der Waals surface area contributed by atoms with Crippen molar-refractivity contribution in [3.05, 3.63) is 0 Å². The summed E-state index contributed by atoms with van der Waals surface area (Å²) in [6, 6.07) is 1.59. The van der Waals surface area contributed by atoms with Gasteiger partial charge < -0.3 is 10.2 Å². The maximum Gasteiger partial charge on any atom is 0.223 e. The molecule has 0 aromatic carbocycles. The zero-order valence-corrected chi connectivity index (χ0v) is 9.79.